The maximum atomic E-state index is 12.3. The number of aryl methyl sites for hydroxylation is 1. The highest BCUT2D eigenvalue weighted by Crippen LogP contribution is 2.29. The maximum Gasteiger partial charge on any atom is 0.225 e. The van der Waals surface area contributed by atoms with Crippen LogP contribution in [0.4, 0.5) is 5.95 Å². The fourth-order valence-corrected chi connectivity index (χ4v) is 3.50. The molecule has 0 radical (unpaired) electrons. The number of rotatable bonds is 5. The summed E-state index contributed by atoms with van der Waals surface area (Å²) in [6.45, 7) is 1.29. The number of carbonyl (C=O) groups excluding carboxylic acids is 2. The Morgan fingerprint density at radius 1 is 1.32 bits per heavy atom. The average molecular weight is 345 g/mol. The number of aromatic nitrogens is 2. The van der Waals surface area contributed by atoms with Gasteiger partial charge < -0.3 is 15.1 Å². The zero-order valence-electron chi connectivity index (χ0n) is 15.1. The molecule has 0 aromatic carbocycles. The van der Waals surface area contributed by atoms with Gasteiger partial charge in [0.2, 0.25) is 17.8 Å². The van der Waals surface area contributed by atoms with Gasteiger partial charge in [-0.1, -0.05) is 0 Å². The van der Waals surface area contributed by atoms with Crippen molar-refractivity contribution in [2.24, 2.45) is 0 Å². The van der Waals surface area contributed by atoms with Crippen LogP contribution < -0.4 is 10.2 Å². The van der Waals surface area contributed by atoms with Gasteiger partial charge in [-0.3, -0.25) is 9.59 Å². The van der Waals surface area contributed by atoms with E-state index in [0.29, 0.717) is 25.3 Å². The van der Waals surface area contributed by atoms with Crippen molar-refractivity contribution in [1.29, 1.82) is 0 Å². The maximum absolute atomic E-state index is 12.3. The molecule has 0 saturated carbocycles. The van der Waals surface area contributed by atoms with Gasteiger partial charge in [0.25, 0.3) is 0 Å². The monoisotopic (exact) mass is 345 g/mol. The molecule has 0 unspecified atom stereocenters. The van der Waals surface area contributed by atoms with Gasteiger partial charge in [0.1, 0.15) is 0 Å². The number of anilines is 1. The number of carbonyl (C=O) groups is 2. The lowest BCUT2D eigenvalue weighted by atomic mass is 9.92. The molecule has 1 N–H and O–H groups in total. The van der Waals surface area contributed by atoms with Crippen LogP contribution in [0.5, 0.6) is 0 Å². The van der Waals surface area contributed by atoms with E-state index >= 15 is 0 Å². The molecule has 1 atom stereocenters. The van der Waals surface area contributed by atoms with Gasteiger partial charge in [0.05, 0.1) is 11.7 Å². The molecule has 1 aliphatic heterocycles. The van der Waals surface area contributed by atoms with E-state index in [-0.39, 0.29) is 17.9 Å². The molecule has 3 rings (SSSR count). The van der Waals surface area contributed by atoms with Crippen molar-refractivity contribution in [2.45, 2.75) is 51.0 Å². The highest BCUT2D eigenvalue weighted by atomic mass is 16.2. The van der Waals surface area contributed by atoms with Crippen molar-refractivity contribution in [1.82, 2.24) is 20.2 Å². The summed E-state index contributed by atoms with van der Waals surface area (Å²) in [6, 6.07) is -0.0236. The summed E-state index contributed by atoms with van der Waals surface area (Å²) in [5.41, 5.74) is 2.06. The van der Waals surface area contributed by atoms with Crippen LogP contribution in [0.25, 0.3) is 0 Å². The second-order valence-corrected chi connectivity index (χ2v) is 7.07. The third kappa shape index (κ3) is 4.27. The SMILES string of the molecule is CN(C)c1ncc2c(n1)CCC[C@H]2NC(=O)CCN1CCCCC1=O. The van der Waals surface area contributed by atoms with Crippen LogP contribution in [-0.2, 0) is 16.0 Å². The summed E-state index contributed by atoms with van der Waals surface area (Å²) in [6.07, 6.45) is 7.66. The molecular weight excluding hydrogens is 318 g/mol. The lowest BCUT2D eigenvalue weighted by Crippen LogP contribution is -2.39. The standard InChI is InChI=1S/C18H27N5O2/c1-22(2)18-19-12-13-14(6-5-7-15(13)21-18)20-16(24)9-11-23-10-4-3-8-17(23)25/h12,14H,3-11H2,1-2H3,(H,20,24)/t14-/m1/s1. The van der Waals surface area contributed by atoms with E-state index < -0.39 is 0 Å². The smallest absolute Gasteiger partial charge is 0.225 e. The molecule has 2 aliphatic rings. The van der Waals surface area contributed by atoms with Crippen LogP contribution in [0.15, 0.2) is 6.20 Å². The van der Waals surface area contributed by atoms with Crippen molar-refractivity contribution in [3.63, 3.8) is 0 Å². The van der Waals surface area contributed by atoms with Crippen LogP contribution in [0.2, 0.25) is 0 Å². The number of hydrogen-bond donors (Lipinski definition) is 1. The quantitative estimate of drug-likeness (QED) is 0.874. The molecular formula is C18H27N5O2. The summed E-state index contributed by atoms with van der Waals surface area (Å²) in [5.74, 6) is 0.869. The van der Waals surface area contributed by atoms with E-state index in [9.17, 15) is 9.59 Å². The third-order valence-electron chi connectivity index (χ3n) is 4.93. The van der Waals surface area contributed by atoms with E-state index in [1.807, 2.05) is 30.1 Å². The second-order valence-electron chi connectivity index (χ2n) is 7.07. The molecule has 1 fully saturated rings. The molecule has 25 heavy (non-hydrogen) atoms. The Labute approximate surface area is 148 Å². The predicted octanol–water partition coefficient (Wildman–Crippen LogP) is 1.44. The molecule has 1 aromatic heterocycles. The molecule has 1 saturated heterocycles. The van der Waals surface area contributed by atoms with Gasteiger partial charge in [0.15, 0.2) is 0 Å². The normalized spacial score (nSPS) is 20.2. The molecule has 0 bridgehead atoms. The van der Waals surface area contributed by atoms with Crippen molar-refractivity contribution in [3.8, 4) is 0 Å². The Morgan fingerprint density at radius 2 is 2.16 bits per heavy atom. The number of nitrogens with one attached hydrogen (secondary N) is 1. The molecule has 7 heteroatoms. The molecule has 0 spiro atoms. The van der Waals surface area contributed by atoms with E-state index in [2.05, 4.69) is 15.3 Å². The number of nitrogens with zero attached hydrogens (tertiary/aromatic N) is 4. The lowest BCUT2D eigenvalue weighted by molar-refractivity contribution is -0.133. The minimum atomic E-state index is -0.0236. The van der Waals surface area contributed by atoms with Crippen LogP contribution in [0.1, 0.15) is 55.8 Å². The minimum absolute atomic E-state index is 0.00657. The molecule has 1 aliphatic carbocycles. The molecule has 2 amide bonds. The number of hydrogen-bond acceptors (Lipinski definition) is 5. The fraction of sp³-hybridized carbons (Fsp3) is 0.667. The number of amides is 2. The predicted molar refractivity (Wildman–Crippen MR) is 95.2 cm³/mol. The van der Waals surface area contributed by atoms with Crippen LogP contribution in [-0.4, -0.2) is 53.9 Å². The van der Waals surface area contributed by atoms with Gasteiger partial charge in [-0.15, -0.1) is 0 Å². The first-order valence-corrected chi connectivity index (χ1v) is 9.15. The summed E-state index contributed by atoms with van der Waals surface area (Å²) in [7, 11) is 3.84. The minimum Gasteiger partial charge on any atom is -0.349 e. The fourth-order valence-electron chi connectivity index (χ4n) is 3.50. The summed E-state index contributed by atoms with van der Waals surface area (Å²) in [4.78, 5) is 36.9. The van der Waals surface area contributed by atoms with Crippen LogP contribution in [0.3, 0.4) is 0 Å². The highest BCUT2D eigenvalue weighted by molar-refractivity contribution is 5.79. The number of fused-ring (bicyclic) bond motifs is 1. The Balaban J connectivity index is 1.58. The van der Waals surface area contributed by atoms with Gasteiger partial charge in [-0.25, -0.2) is 9.97 Å². The first kappa shape index (κ1) is 17.6. The highest BCUT2D eigenvalue weighted by Gasteiger charge is 2.25. The number of piperidine rings is 1. The second kappa shape index (κ2) is 7.80. The molecule has 136 valence electrons. The van der Waals surface area contributed by atoms with Crippen molar-refractivity contribution < 1.29 is 9.59 Å². The van der Waals surface area contributed by atoms with E-state index in [1.54, 1.807) is 0 Å². The van der Waals surface area contributed by atoms with Crippen molar-refractivity contribution >= 4 is 17.8 Å². The van der Waals surface area contributed by atoms with E-state index in [1.165, 1.54) is 0 Å². The molecule has 7 nitrogen and oxygen atoms in total. The van der Waals surface area contributed by atoms with Crippen molar-refractivity contribution in [2.75, 3.05) is 32.1 Å². The number of likely N-dealkylation sites (tertiary alicyclic amines) is 1. The molecule has 1 aromatic rings. The van der Waals surface area contributed by atoms with Gasteiger partial charge in [0, 0.05) is 51.8 Å². The Bertz CT molecular complexity index is 646. The largest absolute Gasteiger partial charge is 0.349 e. The van der Waals surface area contributed by atoms with Gasteiger partial charge in [-0.05, 0) is 32.1 Å². The summed E-state index contributed by atoms with van der Waals surface area (Å²) in [5, 5.41) is 3.11. The summed E-state index contributed by atoms with van der Waals surface area (Å²) >= 11 is 0. The van der Waals surface area contributed by atoms with Crippen LogP contribution in [0, 0.1) is 0 Å². The van der Waals surface area contributed by atoms with Gasteiger partial charge >= 0.3 is 0 Å². The van der Waals surface area contributed by atoms with Crippen molar-refractivity contribution in [3.05, 3.63) is 17.5 Å². The first-order valence-electron chi connectivity index (χ1n) is 9.15. The average Bonchev–Trinajstić information content (AvgIpc) is 2.61. The van der Waals surface area contributed by atoms with E-state index in [4.69, 9.17) is 0 Å². The Kier molecular flexibility index (Phi) is 5.50. The zero-order valence-corrected chi connectivity index (χ0v) is 15.1. The summed E-state index contributed by atoms with van der Waals surface area (Å²) < 4.78 is 0. The molecule has 2 heterocycles. The van der Waals surface area contributed by atoms with E-state index in [0.717, 1.165) is 49.9 Å². The van der Waals surface area contributed by atoms with Gasteiger partial charge in [-0.2, -0.15) is 0 Å². The first-order chi connectivity index (χ1) is 12.0. The zero-order chi connectivity index (χ0) is 17.8. The topological polar surface area (TPSA) is 78.4 Å². The lowest BCUT2D eigenvalue weighted by Gasteiger charge is -2.28. The third-order valence-corrected chi connectivity index (χ3v) is 4.93. The Morgan fingerprint density at radius 3 is 2.92 bits per heavy atom. The Hall–Kier alpha value is -2.18. The van der Waals surface area contributed by atoms with Crippen LogP contribution >= 0.6 is 0 Å².